The number of benzene rings is 1. The second-order valence-electron chi connectivity index (χ2n) is 5.51. The number of hydrogen-bond acceptors (Lipinski definition) is 5. The monoisotopic (exact) mass is 346 g/mol. The Morgan fingerprint density at radius 3 is 2.65 bits per heavy atom. The van der Waals surface area contributed by atoms with Crippen molar-refractivity contribution in [3.05, 3.63) is 75.7 Å². The fourth-order valence-corrected chi connectivity index (χ4v) is 2.30. The van der Waals surface area contributed by atoms with Crippen LogP contribution in [0.25, 0.3) is 11.7 Å². The summed E-state index contributed by atoms with van der Waals surface area (Å²) in [4.78, 5) is 28.5. The van der Waals surface area contributed by atoms with Gasteiger partial charge in [-0.05, 0) is 37.3 Å². The topological polar surface area (TPSA) is 110 Å². The van der Waals surface area contributed by atoms with Gasteiger partial charge < -0.3 is 10.5 Å². The van der Waals surface area contributed by atoms with E-state index in [1.807, 2.05) is 19.1 Å². The largest absolute Gasteiger partial charge is 0.438 e. The van der Waals surface area contributed by atoms with E-state index in [1.165, 1.54) is 10.6 Å². The molecule has 1 aromatic carbocycles. The number of fused-ring (bicyclic) bond motifs is 1. The summed E-state index contributed by atoms with van der Waals surface area (Å²) in [6.07, 6.45) is 2.63. The molecule has 0 radical (unpaired) electrons. The van der Waals surface area contributed by atoms with Crippen molar-refractivity contribution in [2.45, 2.75) is 6.92 Å². The zero-order valence-electron chi connectivity index (χ0n) is 13.8. The lowest BCUT2D eigenvalue weighted by atomic mass is 10.2. The van der Waals surface area contributed by atoms with Gasteiger partial charge in [0, 0.05) is 6.20 Å². The number of nitrogens with two attached hydrogens (primary N) is 1. The summed E-state index contributed by atoms with van der Waals surface area (Å²) in [7, 11) is 0. The van der Waals surface area contributed by atoms with Gasteiger partial charge in [-0.2, -0.15) is 10.2 Å². The van der Waals surface area contributed by atoms with Gasteiger partial charge in [0.2, 0.25) is 5.88 Å². The van der Waals surface area contributed by atoms with Gasteiger partial charge >= 0.3 is 0 Å². The molecule has 0 unspecified atom stereocenters. The molecule has 7 nitrogen and oxygen atoms in total. The van der Waals surface area contributed by atoms with Crippen molar-refractivity contribution >= 4 is 17.6 Å². The minimum atomic E-state index is -0.939. The van der Waals surface area contributed by atoms with E-state index in [9.17, 15) is 9.59 Å². The number of nitrogens with zero attached hydrogens (tertiary/aromatic N) is 3. The Bertz CT molecular complexity index is 1120. The Hall–Kier alpha value is -3.92. The Morgan fingerprint density at radius 1 is 1.27 bits per heavy atom. The first kappa shape index (κ1) is 16.9. The lowest BCUT2D eigenvalue weighted by Gasteiger charge is -2.10. The van der Waals surface area contributed by atoms with Gasteiger partial charge in [-0.1, -0.05) is 23.8 Å². The van der Waals surface area contributed by atoms with Gasteiger partial charge in [0.15, 0.2) is 0 Å². The third-order valence-corrected chi connectivity index (χ3v) is 3.64. The van der Waals surface area contributed by atoms with E-state index in [-0.39, 0.29) is 17.0 Å². The highest BCUT2D eigenvalue weighted by atomic mass is 16.5. The number of rotatable bonds is 4. The molecule has 0 aliphatic carbocycles. The molecule has 2 aromatic heterocycles. The maximum Gasteiger partial charge on any atom is 0.269 e. The molecule has 1 amide bonds. The molecule has 0 bridgehead atoms. The van der Waals surface area contributed by atoms with Crippen LogP contribution in [0.4, 0.5) is 0 Å². The average Bonchev–Trinajstić information content (AvgIpc) is 2.63. The normalized spacial score (nSPS) is 11.2. The van der Waals surface area contributed by atoms with E-state index >= 15 is 0 Å². The molecule has 0 saturated carbocycles. The first-order valence-electron chi connectivity index (χ1n) is 7.67. The number of primary amides is 1. The number of aryl methyl sites for hydroxylation is 1. The summed E-state index contributed by atoms with van der Waals surface area (Å²) in [5.74, 6) is -0.486. The van der Waals surface area contributed by atoms with Crippen molar-refractivity contribution in [1.29, 1.82) is 5.26 Å². The number of amides is 1. The molecule has 128 valence electrons. The molecule has 26 heavy (non-hydrogen) atoms. The second-order valence-corrected chi connectivity index (χ2v) is 5.51. The SMILES string of the molecule is Cc1ccc(Oc2nc3ccccn3c(=O)c2C=C(C#N)C(N)=O)cc1. The van der Waals surface area contributed by atoms with Crippen molar-refractivity contribution in [3.63, 3.8) is 0 Å². The van der Waals surface area contributed by atoms with Crippen LogP contribution >= 0.6 is 0 Å². The van der Waals surface area contributed by atoms with Crippen molar-refractivity contribution in [3.8, 4) is 17.7 Å². The molecule has 3 aromatic rings. The highest BCUT2D eigenvalue weighted by molar-refractivity contribution is 6.00. The quantitative estimate of drug-likeness (QED) is 0.575. The predicted molar refractivity (Wildman–Crippen MR) is 95.5 cm³/mol. The van der Waals surface area contributed by atoms with Gasteiger partial charge in [0.1, 0.15) is 28.6 Å². The minimum Gasteiger partial charge on any atom is -0.438 e. The highest BCUT2D eigenvalue weighted by Crippen LogP contribution is 2.24. The molecular weight excluding hydrogens is 332 g/mol. The number of ether oxygens (including phenoxy) is 1. The van der Waals surface area contributed by atoms with Crippen LogP contribution in [0.15, 0.2) is 59.0 Å². The molecule has 0 fully saturated rings. The third-order valence-electron chi connectivity index (χ3n) is 3.64. The van der Waals surface area contributed by atoms with E-state index in [1.54, 1.807) is 36.4 Å². The summed E-state index contributed by atoms with van der Waals surface area (Å²) in [6.45, 7) is 1.94. The van der Waals surface area contributed by atoms with E-state index in [2.05, 4.69) is 4.98 Å². The van der Waals surface area contributed by atoms with E-state index in [4.69, 9.17) is 15.7 Å². The van der Waals surface area contributed by atoms with Gasteiger partial charge in [0.25, 0.3) is 11.5 Å². The fourth-order valence-electron chi connectivity index (χ4n) is 2.30. The summed E-state index contributed by atoms with van der Waals surface area (Å²) in [5, 5.41) is 9.08. The standard InChI is InChI=1S/C19H14N4O3/c1-12-5-7-14(8-6-12)26-18-15(10-13(11-20)17(21)24)19(25)23-9-3-2-4-16(23)22-18/h2-10H,1H3,(H2,21,24). The molecule has 2 heterocycles. The molecular formula is C19H14N4O3. The second kappa shape index (κ2) is 6.91. The summed E-state index contributed by atoms with van der Waals surface area (Å²) < 4.78 is 7.04. The summed E-state index contributed by atoms with van der Waals surface area (Å²) in [5.41, 5.74) is 5.71. The lowest BCUT2D eigenvalue weighted by Crippen LogP contribution is -2.20. The van der Waals surface area contributed by atoms with Crippen LogP contribution < -0.4 is 16.0 Å². The highest BCUT2D eigenvalue weighted by Gasteiger charge is 2.16. The van der Waals surface area contributed by atoms with Gasteiger partial charge in [-0.25, -0.2) is 0 Å². The first-order valence-corrected chi connectivity index (χ1v) is 7.67. The van der Waals surface area contributed by atoms with Crippen LogP contribution in [-0.2, 0) is 4.79 Å². The number of hydrogen-bond donors (Lipinski definition) is 1. The third kappa shape index (κ3) is 3.30. The molecule has 0 aliphatic heterocycles. The van der Waals surface area contributed by atoms with Crippen molar-refractivity contribution in [2.75, 3.05) is 0 Å². The maximum atomic E-state index is 12.8. The van der Waals surface area contributed by atoms with Crippen molar-refractivity contribution in [1.82, 2.24) is 9.38 Å². The number of carbonyl (C=O) groups excluding carboxylic acids is 1. The molecule has 3 rings (SSSR count). The maximum absolute atomic E-state index is 12.8. The smallest absolute Gasteiger partial charge is 0.269 e. The Labute approximate surface area is 148 Å². The van der Waals surface area contributed by atoms with Gasteiger partial charge in [0.05, 0.1) is 0 Å². The number of nitriles is 1. The van der Waals surface area contributed by atoms with Crippen LogP contribution in [0, 0.1) is 18.3 Å². The van der Waals surface area contributed by atoms with E-state index < -0.39 is 11.5 Å². The van der Waals surface area contributed by atoms with Crippen LogP contribution in [0.1, 0.15) is 11.1 Å². The number of carbonyl (C=O) groups is 1. The zero-order chi connectivity index (χ0) is 18.7. The van der Waals surface area contributed by atoms with Crippen molar-refractivity contribution in [2.24, 2.45) is 5.73 Å². The van der Waals surface area contributed by atoms with Crippen LogP contribution in [-0.4, -0.2) is 15.3 Å². The Balaban J connectivity index is 2.24. The van der Waals surface area contributed by atoms with Crippen LogP contribution in [0.5, 0.6) is 11.6 Å². The molecule has 0 saturated heterocycles. The van der Waals surface area contributed by atoms with Crippen LogP contribution in [0.3, 0.4) is 0 Å². The van der Waals surface area contributed by atoms with E-state index in [0.717, 1.165) is 11.6 Å². The Kier molecular flexibility index (Phi) is 4.50. The van der Waals surface area contributed by atoms with Crippen LogP contribution in [0.2, 0.25) is 0 Å². The number of pyridine rings is 1. The van der Waals surface area contributed by atoms with Crippen molar-refractivity contribution < 1.29 is 9.53 Å². The summed E-state index contributed by atoms with van der Waals surface area (Å²) in [6, 6.07) is 13.9. The lowest BCUT2D eigenvalue weighted by molar-refractivity contribution is -0.114. The minimum absolute atomic E-state index is 0.0148. The average molecular weight is 346 g/mol. The van der Waals surface area contributed by atoms with Gasteiger partial charge in [-0.15, -0.1) is 0 Å². The first-order chi connectivity index (χ1) is 12.5. The molecule has 0 atom stereocenters. The van der Waals surface area contributed by atoms with E-state index in [0.29, 0.717) is 11.4 Å². The van der Waals surface area contributed by atoms with Gasteiger partial charge in [-0.3, -0.25) is 14.0 Å². The number of aromatic nitrogens is 2. The summed E-state index contributed by atoms with van der Waals surface area (Å²) >= 11 is 0. The molecule has 2 N–H and O–H groups in total. The molecule has 0 spiro atoms. The predicted octanol–water partition coefficient (Wildman–Crippen LogP) is 2.19. The zero-order valence-corrected chi connectivity index (χ0v) is 13.8. The Morgan fingerprint density at radius 2 is 2.00 bits per heavy atom. The fraction of sp³-hybridized carbons (Fsp3) is 0.0526. The molecule has 0 aliphatic rings. The molecule has 7 heteroatoms.